The van der Waals surface area contributed by atoms with Gasteiger partial charge < -0.3 is 14.8 Å². The number of aromatic nitrogens is 2. The van der Waals surface area contributed by atoms with Crippen LogP contribution in [-0.4, -0.2) is 42.8 Å². The summed E-state index contributed by atoms with van der Waals surface area (Å²) in [5.41, 5.74) is 0.158. The maximum Gasteiger partial charge on any atom is 0.283 e. The average molecular weight is 334 g/mol. The maximum atomic E-state index is 12.0. The predicted octanol–water partition coefficient (Wildman–Crippen LogP) is 1.49. The van der Waals surface area contributed by atoms with Crippen molar-refractivity contribution >= 4 is 21.6 Å². The van der Waals surface area contributed by atoms with Crippen molar-refractivity contribution in [3.63, 3.8) is 0 Å². The van der Waals surface area contributed by atoms with Gasteiger partial charge in [0.25, 0.3) is 5.56 Å². The molecule has 0 saturated heterocycles. The largest absolute Gasteiger partial charge is 0.383 e. The van der Waals surface area contributed by atoms with Crippen molar-refractivity contribution in [3.05, 3.63) is 21.0 Å². The first-order valence-electron chi connectivity index (χ1n) is 5.95. The van der Waals surface area contributed by atoms with Gasteiger partial charge in [-0.15, -0.1) is 0 Å². The summed E-state index contributed by atoms with van der Waals surface area (Å²) in [6, 6.07) is 0. The molecule has 108 valence electrons. The highest BCUT2D eigenvalue weighted by Gasteiger charge is 2.17. The van der Waals surface area contributed by atoms with Crippen molar-refractivity contribution in [2.75, 3.05) is 32.7 Å². The van der Waals surface area contributed by atoms with Gasteiger partial charge in [0.1, 0.15) is 4.47 Å². The second kappa shape index (κ2) is 7.02. The van der Waals surface area contributed by atoms with Crippen LogP contribution >= 0.6 is 15.9 Å². The fourth-order valence-electron chi connectivity index (χ4n) is 1.31. The molecule has 0 radical (unpaired) electrons. The van der Waals surface area contributed by atoms with Crippen LogP contribution in [0.15, 0.2) is 15.5 Å². The Morgan fingerprint density at radius 1 is 1.47 bits per heavy atom. The Balaban J connectivity index is 2.82. The van der Waals surface area contributed by atoms with E-state index >= 15 is 0 Å². The van der Waals surface area contributed by atoms with Gasteiger partial charge in [0.2, 0.25) is 0 Å². The molecule has 1 aromatic rings. The van der Waals surface area contributed by atoms with Gasteiger partial charge in [-0.05, 0) is 29.8 Å². The first-order chi connectivity index (χ1) is 8.91. The zero-order valence-corrected chi connectivity index (χ0v) is 13.3. The smallest absolute Gasteiger partial charge is 0.283 e. The second-order valence-electron chi connectivity index (χ2n) is 4.71. The van der Waals surface area contributed by atoms with Crippen LogP contribution in [0, 0.1) is 0 Å². The molecule has 0 aromatic carbocycles. The zero-order valence-electron chi connectivity index (χ0n) is 11.7. The predicted molar refractivity (Wildman–Crippen MR) is 77.7 cm³/mol. The quantitative estimate of drug-likeness (QED) is 0.818. The number of methoxy groups -OCH3 is 2. The number of nitrogens with zero attached hydrogens (tertiary/aromatic N) is 2. The summed E-state index contributed by atoms with van der Waals surface area (Å²) >= 11 is 3.30. The van der Waals surface area contributed by atoms with Gasteiger partial charge >= 0.3 is 0 Å². The molecule has 1 N–H and O–H groups in total. The first kappa shape index (κ1) is 16.1. The Bertz CT molecular complexity index is 474. The van der Waals surface area contributed by atoms with Crippen LogP contribution in [0.4, 0.5) is 5.69 Å². The van der Waals surface area contributed by atoms with E-state index in [4.69, 9.17) is 9.47 Å². The van der Waals surface area contributed by atoms with Crippen molar-refractivity contribution in [1.82, 2.24) is 9.78 Å². The van der Waals surface area contributed by atoms with Gasteiger partial charge in [0, 0.05) is 20.8 Å². The highest BCUT2D eigenvalue weighted by atomic mass is 79.9. The van der Waals surface area contributed by atoms with Crippen molar-refractivity contribution in [2.24, 2.45) is 0 Å². The number of halogens is 1. The number of hydrogen-bond donors (Lipinski definition) is 1. The summed E-state index contributed by atoms with van der Waals surface area (Å²) in [7, 11) is 3.24. The van der Waals surface area contributed by atoms with Crippen LogP contribution in [-0.2, 0) is 16.0 Å². The third-order valence-electron chi connectivity index (χ3n) is 2.75. The van der Waals surface area contributed by atoms with E-state index in [1.165, 1.54) is 4.68 Å². The number of rotatable bonds is 7. The summed E-state index contributed by atoms with van der Waals surface area (Å²) in [6.45, 7) is 5.37. The molecule has 0 aliphatic carbocycles. The Labute approximate surface area is 121 Å². The lowest BCUT2D eigenvalue weighted by Crippen LogP contribution is -2.33. The third-order valence-corrected chi connectivity index (χ3v) is 3.52. The lowest BCUT2D eigenvalue weighted by atomic mass is 10.1. The molecule has 1 rings (SSSR count). The maximum absolute atomic E-state index is 12.0. The molecule has 6 nitrogen and oxygen atoms in total. The summed E-state index contributed by atoms with van der Waals surface area (Å²) in [4.78, 5) is 12.0. The van der Waals surface area contributed by atoms with E-state index in [9.17, 15) is 4.79 Å². The van der Waals surface area contributed by atoms with Crippen LogP contribution in [0.2, 0.25) is 0 Å². The summed E-state index contributed by atoms with van der Waals surface area (Å²) in [6.07, 6.45) is 1.62. The fourth-order valence-corrected chi connectivity index (χ4v) is 1.75. The van der Waals surface area contributed by atoms with E-state index in [1.807, 2.05) is 13.8 Å². The molecule has 1 aromatic heterocycles. The van der Waals surface area contributed by atoms with E-state index in [1.54, 1.807) is 20.4 Å². The van der Waals surface area contributed by atoms with Gasteiger partial charge in [-0.2, -0.15) is 5.10 Å². The Morgan fingerprint density at radius 3 is 2.74 bits per heavy atom. The molecule has 0 aliphatic rings. The SMILES string of the molecule is COCCn1ncc(NCC(C)(C)OC)c(Br)c1=O. The minimum absolute atomic E-state index is 0.183. The molecule has 0 spiro atoms. The molecule has 1 heterocycles. The Kier molecular flexibility index (Phi) is 5.96. The molecule has 7 heteroatoms. The monoisotopic (exact) mass is 333 g/mol. The van der Waals surface area contributed by atoms with Gasteiger partial charge in [0.15, 0.2) is 0 Å². The molecule has 0 aliphatic heterocycles. The van der Waals surface area contributed by atoms with E-state index in [-0.39, 0.29) is 11.2 Å². The normalized spacial score (nSPS) is 11.6. The van der Waals surface area contributed by atoms with Gasteiger partial charge in [-0.1, -0.05) is 0 Å². The van der Waals surface area contributed by atoms with Crippen LogP contribution < -0.4 is 10.9 Å². The van der Waals surface area contributed by atoms with E-state index in [0.717, 1.165) is 0 Å². The van der Waals surface area contributed by atoms with Gasteiger partial charge in [0.05, 0.1) is 30.6 Å². The molecule has 0 bridgehead atoms. The Morgan fingerprint density at radius 2 is 2.16 bits per heavy atom. The summed E-state index contributed by atoms with van der Waals surface area (Å²) < 4.78 is 12.1. The molecule has 0 atom stereocenters. The summed E-state index contributed by atoms with van der Waals surface area (Å²) in [5, 5.41) is 7.24. The molecule has 0 unspecified atom stereocenters. The highest BCUT2D eigenvalue weighted by Crippen LogP contribution is 2.18. The molecular formula is C12H20BrN3O3. The van der Waals surface area contributed by atoms with Gasteiger partial charge in [-0.3, -0.25) is 4.79 Å². The van der Waals surface area contributed by atoms with Crippen molar-refractivity contribution in [1.29, 1.82) is 0 Å². The van der Waals surface area contributed by atoms with Crippen molar-refractivity contribution in [2.45, 2.75) is 26.0 Å². The number of ether oxygens (including phenoxy) is 2. The van der Waals surface area contributed by atoms with Crippen LogP contribution in [0.5, 0.6) is 0 Å². The molecule has 0 fully saturated rings. The van der Waals surface area contributed by atoms with E-state index in [2.05, 4.69) is 26.3 Å². The number of hydrogen-bond acceptors (Lipinski definition) is 5. The van der Waals surface area contributed by atoms with Crippen molar-refractivity contribution < 1.29 is 9.47 Å². The van der Waals surface area contributed by atoms with Crippen LogP contribution in [0.1, 0.15) is 13.8 Å². The molecular weight excluding hydrogens is 314 g/mol. The molecule has 0 saturated carbocycles. The van der Waals surface area contributed by atoms with E-state index < -0.39 is 0 Å². The van der Waals surface area contributed by atoms with Crippen LogP contribution in [0.3, 0.4) is 0 Å². The van der Waals surface area contributed by atoms with Crippen molar-refractivity contribution in [3.8, 4) is 0 Å². The second-order valence-corrected chi connectivity index (χ2v) is 5.50. The standard InChI is InChI=1S/C12H20BrN3O3/c1-12(2,19-4)8-14-9-7-15-16(5-6-18-3)11(17)10(9)13/h7,14H,5-6,8H2,1-4H3. The third kappa shape index (κ3) is 4.59. The average Bonchev–Trinajstić information content (AvgIpc) is 2.39. The lowest BCUT2D eigenvalue weighted by Gasteiger charge is -2.24. The molecule has 19 heavy (non-hydrogen) atoms. The minimum Gasteiger partial charge on any atom is -0.383 e. The lowest BCUT2D eigenvalue weighted by molar-refractivity contribution is 0.0343. The Hall–Kier alpha value is -0.920. The highest BCUT2D eigenvalue weighted by molar-refractivity contribution is 9.10. The summed E-state index contributed by atoms with van der Waals surface area (Å²) in [5.74, 6) is 0. The van der Waals surface area contributed by atoms with E-state index in [0.29, 0.717) is 29.9 Å². The zero-order chi connectivity index (χ0) is 14.5. The number of nitrogens with one attached hydrogen (secondary N) is 1. The minimum atomic E-state index is -0.315. The topological polar surface area (TPSA) is 65.4 Å². The van der Waals surface area contributed by atoms with Crippen LogP contribution in [0.25, 0.3) is 0 Å². The molecule has 0 amide bonds. The number of anilines is 1. The fraction of sp³-hybridized carbons (Fsp3) is 0.667. The first-order valence-corrected chi connectivity index (χ1v) is 6.74. The van der Waals surface area contributed by atoms with Gasteiger partial charge in [-0.25, -0.2) is 4.68 Å².